The van der Waals surface area contributed by atoms with Crippen molar-refractivity contribution in [2.45, 2.75) is 186 Å². The van der Waals surface area contributed by atoms with Crippen molar-refractivity contribution >= 4 is 11.7 Å². The van der Waals surface area contributed by atoms with Crippen molar-refractivity contribution in [2.24, 2.45) is 28.8 Å². The lowest BCUT2D eigenvalue weighted by Gasteiger charge is -2.49. The van der Waals surface area contributed by atoms with E-state index in [0.717, 1.165) is 5.56 Å². The molecule has 3 aliphatic rings. The maximum atomic E-state index is 14.4. The first-order chi connectivity index (χ1) is 28.0. The number of cyclic esters (lactones) is 1. The smallest absolute Gasteiger partial charge is 0.311 e. The Morgan fingerprint density at radius 2 is 1.55 bits per heavy atom. The van der Waals surface area contributed by atoms with Crippen LogP contribution < -0.4 is 0 Å². The maximum absolute atomic E-state index is 14.4. The Bertz CT molecular complexity index is 1530. The molecular formula is C45H76N2O13. The molecular weight excluding hydrogens is 776 g/mol. The van der Waals surface area contributed by atoms with Crippen LogP contribution in [0.2, 0.25) is 0 Å². The van der Waals surface area contributed by atoms with Gasteiger partial charge in [-0.25, -0.2) is 0 Å². The van der Waals surface area contributed by atoms with Gasteiger partial charge in [0.25, 0.3) is 0 Å². The van der Waals surface area contributed by atoms with Gasteiger partial charge in [0.1, 0.15) is 30.5 Å². The van der Waals surface area contributed by atoms with E-state index in [0.29, 0.717) is 18.6 Å². The summed E-state index contributed by atoms with van der Waals surface area (Å²) in [4.78, 5) is 22.2. The molecule has 0 unspecified atom stereocenters. The molecule has 1 aromatic rings. The minimum absolute atomic E-state index is 0.00518. The molecule has 18 atom stereocenters. The summed E-state index contributed by atoms with van der Waals surface area (Å²) in [7, 11) is 5.24. The van der Waals surface area contributed by atoms with Crippen LogP contribution in [0.15, 0.2) is 35.5 Å². The van der Waals surface area contributed by atoms with Crippen molar-refractivity contribution in [3.05, 3.63) is 35.9 Å². The standard InChI is InChI=1S/C45H76N2O13/c1-14-33-45(10,53)38(49)27(4)35(46-55-21-20-31-18-16-15-17-19-31)25(2)23-43(8,52)40(60-42-36(48)32(47(11)12)22-26(3)56-42)28(5)37(29(6)41(51)58-33)59-34-24-44(9,54-13)39(50)30(7)57-34/h15-19,25-30,32-34,36-40,42,48-50,52-53H,14,20-24H2,1-13H3/b46-35-/t25-,26-,27-,28+,29-,30+,32+,33+,34+,36-,37+,38-,39+,40-,42+,43+,44-,45-/m1/s1. The van der Waals surface area contributed by atoms with E-state index in [9.17, 15) is 30.3 Å². The zero-order valence-corrected chi connectivity index (χ0v) is 38.2. The monoisotopic (exact) mass is 853 g/mol. The third-order valence-corrected chi connectivity index (χ3v) is 13.4. The third-order valence-electron chi connectivity index (χ3n) is 13.4. The van der Waals surface area contributed by atoms with Gasteiger partial charge in [0.2, 0.25) is 0 Å². The minimum atomic E-state index is -1.94. The second-order valence-corrected chi connectivity index (χ2v) is 18.7. The van der Waals surface area contributed by atoms with Gasteiger partial charge in [-0.1, -0.05) is 63.2 Å². The van der Waals surface area contributed by atoms with Gasteiger partial charge in [-0.3, -0.25) is 4.79 Å². The van der Waals surface area contributed by atoms with Crippen LogP contribution in [0.5, 0.6) is 0 Å². The topological polar surface area (TPSA) is 198 Å². The van der Waals surface area contributed by atoms with Crippen molar-refractivity contribution in [3.8, 4) is 0 Å². The first kappa shape index (κ1) is 50.4. The van der Waals surface area contributed by atoms with Crippen LogP contribution in [0.1, 0.15) is 100 Å². The Labute approximate surface area is 357 Å². The molecule has 15 heteroatoms. The highest BCUT2D eigenvalue weighted by Crippen LogP contribution is 2.41. The fourth-order valence-corrected chi connectivity index (χ4v) is 9.52. The van der Waals surface area contributed by atoms with Crippen molar-refractivity contribution in [2.75, 3.05) is 27.8 Å². The van der Waals surface area contributed by atoms with Crippen molar-refractivity contribution < 1.29 is 63.6 Å². The van der Waals surface area contributed by atoms with E-state index in [4.69, 9.17) is 33.3 Å². The number of ether oxygens (including phenoxy) is 6. The van der Waals surface area contributed by atoms with Crippen LogP contribution in [0.3, 0.4) is 0 Å². The van der Waals surface area contributed by atoms with E-state index < -0.39 is 102 Å². The van der Waals surface area contributed by atoms with Crippen LogP contribution in [-0.2, 0) is 44.5 Å². The lowest BCUT2D eigenvalue weighted by molar-refractivity contribution is -0.317. The number of carbonyl (C=O) groups excluding carboxylic acids is 1. The summed E-state index contributed by atoms with van der Waals surface area (Å²) in [5, 5.41) is 64.1. The number of aliphatic hydroxyl groups is 5. The number of likely N-dealkylation sites (N-methyl/N-ethyl adjacent to an activating group) is 1. The summed E-state index contributed by atoms with van der Waals surface area (Å²) in [6.45, 7) is 17.4. The highest BCUT2D eigenvalue weighted by Gasteiger charge is 2.53. The fraction of sp³-hybridized carbons (Fsp3) is 0.822. The number of aliphatic hydroxyl groups excluding tert-OH is 3. The summed E-state index contributed by atoms with van der Waals surface area (Å²) in [5.41, 5.74) is -3.31. The zero-order valence-electron chi connectivity index (χ0n) is 38.2. The summed E-state index contributed by atoms with van der Waals surface area (Å²) in [5.74, 6) is -4.01. The molecule has 3 fully saturated rings. The summed E-state index contributed by atoms with van der Waals surface area (Å²) < 4.78 is 37.8. The average Bonchev–Trinajstić information content (AvgIpc) is 3.19. The molecule has 344 valence electrons. The summed E-state index contributed by atoms with van der Waals surface area (Å²) >= 11 is 0. The first-order valence-corrected chi connectivity index (χ1v) is 21.7. The van der Waals surface area contributed by atoms with E-state index in [1.54, 1.807) is 48.5 Å². The van der Waals surface area contributed by atoms with Gasteiger partial charge < -0.3 is 63.7 Å². The van der Waals surface area contributed by atoms with Gasteiger partial charge in [0, 0.05) is 43.7 Å². The highest BCUT2D eigenvalue weighted by molar-refractivity contribution is 5.88. The number of esters is 1. The largest absolute Gasteiger partial charge is 0.459 e. The van der Waals surface area contributed by atoms with Gasteiger partial charge in [0.05, 0.1) is 53.4 Å². The van der Waals surface area contributed by atoms with E-state index in [-0.39, 0.29) is 38.0 Å². The number of benzene rings is 1. The number of rotatable bonds is 11. The van der Waals surface area contributed by atoms with Crippen LogP contribution in [0.4, 0.5) is 0 Å². The van der Waals surface area contributed by atoms with Crippen LogP contribution in [0, 0.1) is 23.7 Å². The molecule has 3 aliphatic heterocycles. The molecule has 0 bridgehead atoms. The number of hydrogen-bond acceptors (Lipinski definition) is 15. The van der Waals surface area contributed by atoms with Crippen molar-refractivity contribution in [1.29, 1.82) is 0 Å². The Morgan fingerprint density at radius 1 is 0.900 bits per heavy atom. The van der Waals surface area contributed by atoms with E-state index >= 15 is 0 Å². The van der Waals surface area contributed by atoms with Gasteiger partial charge in [-0.05, 0) is 80.5 Å². The number of nitrogens with zero attached hydrogens (tertiary/aromatic N) is 2. The fourth-order valence-electron chi connectivity index (χ4n) is 9.52. The second kappa shape index (κ2) is 20.9. The Morgan fingerprint density at radius 3 is 2.15 bits per heavy atom. The van der Waals surface area contributed by atoms with Gasteiger partial charge >= 0.3 is 5.97 Å². The summed E-state index contributed by atoms with van der Waals surface area (Å²) in [6.07, 6.45) is -8.71. The Balaban J connectivity index is 1.84. The molecule has 4 rings (SSSR count). The normalized spacial score (nSPS) is 44.6. The van der Waals surface area contributed by atoms with Crippen molar-refractivity contribution in [1.82, 2.24) is 4.90 Å². The Kier molecular flexibility index (Phi) is 17.6. The lowest BCUT2D eigenvalue weighted by Crippen LogP contribution is -2.61. The maximum Gasteiger partial charge on any atom is 0.311 e. The van der Waals surface area contributed by atoms with E-state index in [2.05, 4.69) is 5.16 Å². The molecule has 0 spiro atoms. The number of oxime groups is 1. The van der Waals surface area contributed by atoms with Crippen LogP contribution >= 0.6 is 0 Å². The molecule has 0 amide bonds. The van der Waals surface area contributed by atoms with Gasteiger partial charge in [-0.2, -0.15) is 0 Å². The molecule has 3 saturated heterocycles. The third kappa shape index (κ3) is 11.6. The average molecular weight is 853 g/mol. The highest BCUT2D eigenvalue weighted by atomic mass is 16.7. The Hall–Kier alpha value is -2.28. The van der Waals surface area contributed by atoms with E-state index in [1.807, 2.05) is 63.2 Å². The number of methoxy groups -OCH3 is 1. The molecule has 15 nitrogen and oxygen atoms in total. The molecule has 0 aliphatic carbocycles. The molecule has 0 saturated carbocycles. The van der Waals surface area contributed by atoms with Crippen LogP contribution in [0.25, 0.3) is 0 Å². The minimum Gasteiger partial charge on any atom is -0.459 e. The molecule has 1 aromatic carbocycles. The number of hydrogen-bond donors (Lipinski definition) is 5. The second-order valence-electron chi connectivity index (χ2n) is 18.7. The zero-order chi connectivity index (χ0) is 44.9. The van der Waals surface area contributed by atoms with Crippen LogP contribution in [-0.4, -0.2) is 154 Å². The predicted octanol–water partition coefficient (Wildman–Crippen LogP) is 3.83. The molecule has 5 N–H and O–H groups in total. The first-order valence-electron chi connectivity index (χ1n) is 21.7. The molecule has 0 aromatic heterocycles. The SMILES string of the molecule is CC[C@@H]1OC(=O)[C@H](C)[C@@H](O[C@H]2C[C@@](C)(OC)[C@@H](O)[C@H](C)O2)[C@H](C)[C@@H](O[C@@H]2O[C@H](C)C[C@H](N(C)C)[C@H]2O)[C@@](C)(O)C[C@@H](C)/C(=N/OCCc2ccccc2)[C@@H](C)[C@@H](O)[C@]1(C)O. The predicted molar refractivity (Wildman–Crippen MR) is 225 cm³/mol. The lowest BCUT2D eigenvalue weighted by atomic mass is 9.73. The molecule has 3 heterocycles. The van der Waals surface area contributed by atoms with Gasteiger partial charge in [-0.15, -0.1) is 0 Å². The molecule has 60 heavy (non-hydrogen) atoms. The molecule has 0 radical (unpaired) electrons. The van der Waals surface area contributed by atoms with Gasteiger partial charge in [0.15, 0.2) is 12.6 Å². The van der Waals surface area contributed by atoms with E-state index in [1.165, 1.54) is 14.0 Å². The van der Waals surface area contributed by atoms with Crippen molar-refractivity contribution in [3.63, 3.8) is 0 Å². The quantitative estimate of drug-likeness (QED) is 0.122. The number of carbonyl (C=O) groups is 1. The summed E-state index contributed by atoms with van der Waals surface area (Å²) in [6, 6.07) is 9.48.